The van der Waals surface area contributed by atoms with Crippen LogP contribution in [-0.4, -0.2) is 48.6 Å². The van der Waals surface area contributed by atoms with Crippen LogP contribution in [0.15, 0.2) is 34.4 Å². The van der Waals surface area contributed by atoms with Crippen molar-refractivity contribution in [2.75, 3.05) is 13.7 Å². The van der Waals surface area contributed by atoms with Crippen LogP contribution in [0, 0.1) is 7.14 Å². The molecule has 1 atom stereocenters. The van der Waals surface area contributed by atoms with E-state index in [0.29, 0.717) is 18.5 Å². The maximum absolute atomic E-state index is 12.8. The second kappa shape index (κ2) is 11.2. The summed E-state index contributed by atoms with van der Waals surface area (Å²) in [5.74, 6) is -0.906. The molecule has 1 N–H and O–H groups in total. The van der Waals surface area contributed by atoms with E-state index in [-0.39, 0.29) is 30.4 Å². The lowest BCUT2D eigenvalue weighted by Crippen LogP contribution is -2.30. The largest absolute Gasteiger partial charge is 0.477 e. The first kappa shape index (κ1) is 26.0. The molecule has 2 aromatic rings. The Morgan fingerprint density at radius 2 is 1.88 bits per heavy atom. The number of benzene rings is 1. The highest BCUT2D eigenvalue weighted by Crippen LogP contribution is 2.31. The van der Waals surface area contributed by atoms with Crippen LogP contribution in [0.1, 0.15) is 35.7 Å². The number of carbonyl (C=O) groups excluding carboxylic acids is 4. The number of nitrogens with zero attached hydrogens (tertiary/aromatic N) is 1. The monoisotopic (exact) mass is 694 g/mol. The van der Waals surface area contributed by atoms with Crippen molar-refractivity contribution in [3.63, 3.8) is 0 Å². The molecule has 3 rings (SSSR count). The number of imide groups is 1. The van der Waals surface area contributed by atoms with Gasteiger partial charge in [-0.15, -0.1) is 0 Å². The van der Waals surface area contributed by atoms with Crippen molar-refractivity contribution in [1.29, 1.82) is 0 Å². The maximum atomic E-state index is 12.8. The minimum absolute atomic E-state index is 0.0240. The van der Waals surface area contributed by atoms with Crippen LogP contribution in [0.3, 0.4) is 0 Å². The van der Waals surface area contributed by atoms with Gasteiger partial charge in [0.1, 0.15) is 17.2 Å². The summed E-state index contributed by atoms with van der Waals surface area (Å²) < 4.78 is 22.1. The van der Waals surface area contributed by atoms with Crippen LogP contribution in [-0.2, 0) is 25.6 Å². The fraction of sp³-hybridized carbons (Fsp3) is 0.273. The van der Waals surface area contributed by atoms with Gasteiger partial charge in [-0.05, 0) is 94.9 Å². The Labute approximate surface area is 222 Å². The Balaban J connectivity index is 1.76. The lowest BCUT2D eigenvalue weighted by molar-refractivity contribution is -0.150. The average Bonchev–Trinajstić information content (AvgIpc) is 3.36. The van der Waals surface area contributed by atoms with Crippen molar-refractivity contribution >= 4 is 75.1 Å². The van der Waals surface area contributed by atoms with Gasteiger partial charge in [0.2, 0.25) is 5.76 Å². The summed E-state index contributed by atoms with van der Waals surface area (Å²) >= 11 is 4.14. The summed E-state index contributed by atoms with van der Waals surface area (Å²) in [7, 11) is 1.22. The van der Waals surface area contributed by atoms with E-state index < -0.39 is 30.0 Å². The molecule has 1 aliphatic rings. The van der Waals surface area contributed by atoms with E-state index >= 15 is 0 Å². The van der Waals surface area contributed by atoms with E-state index in [1.54, 1.807) is 32.1 Å². The predicted molar refractivity (Wildman–Crippen MR) is 136 cm³/mol. The number of methoxy groups -OCH3 is 1. The lowest BCUT2D eigenvalue weighted by atomic mass is 10.2. The highest BCUT2D eigenvalue weighted by Gasteiger charge is 2.34. The number of nitrogens with one attached hydrogen (secondary N) is 1. The van der Waals surface area contributed by atoms with Crippen LogP contribution >= 0.6 is 45.2 Å². The van der Waals surface area contributed by atoms with Crippen LogP contribution in [0.25, 0.3) is 6.08 Å². The van der Waals surface area contributed by atoms with Gasteiger partial charge < -0.3 is 23.9 Å². The zero-order valence-electron chi connectivity index (χ0n) is 18.3. The summed E-state index contributed by atoms with van der Waals surface area (Å²) in [6.45, 7) is 3.44. The number of carbonyl (C=O) groups is 4. The van der Waals surface area contributed by atoms with Gasteiger partial charge >= 0.3 is 18.0 Å². The van der Waals surface area contributed by atoms with Gasteiger partial charge in [-0.1, -0.05) is 0 Å². The van der Waals surface area contributed by atoms with Gasteiger partial charge in [-0.3, -0.25) is 9.69 Å². The van der Waals surface area contributed by atoms with E-state index in [0.717, 1.165) is 4.90 Å². The number of amides is 3. The standard InChI is InChI=1S/C22H20I2N2O8/c1-4-32-20(28)11(2)33-18-14(23)7-12(8-15(18)24)9-16-19(27)26(22(30)25-16)10-13-5-6-17(34-13)21(29)31-3/h5-9,11H,4,10H2,1-3H3,(H,25,30)/b16-9-/t11-/m0/s1. The molecule has 0 bridgehead atoms. The first-order valence-electron chi connectivity index (χ1n) is 9.98. The third kappa shape index (κ3) is 5.89. The molecule has 0 spiro atoms. The minimum atomic E-state index is -0.781. The first-order valence-corrected chi connectivity index (χ1v) is 12.1. The maximum Gasteiger partial charge on any atom is 0.373 e. The fourth-order valence-electron chi connectivity index (χ4n) is 2.97. The van der Waals surface area contributed by atoms with Crippen LogP contribution in [0.2, 0.25) is 0 Å². The quantitative estimate of drug-likeness (QED) is 0.192. The highest BCUT2D eigenvalue weighted by molar-refractivity contribution is 14.1. The minimum Gasteiger partial charge on any atom is -0.477 e. The second-order valence-electron chi connectivity index (χ2n) is 6.96. The highest BCUT2D eigenvalue weighted by atomic mass is 127. The van der Waals surface area contributed by atoms with E-state index in [2.05, 4.69) is 55.2 Å². The number of furan rings is 1. The van der Waals surface area contributed by atoms with Gasteiger partial charge in [-0.2, -0.15) is 0 Å². The van der Waals surface area contributed by atoms with E-state index in [1.165, 1.54) is 19.2 Å². The third-order valence-corrected chi connectivity index (χ3v) is 6.17. The molecule has 180 valence electrons. The van der Waals surface area contributed by atoms with Crippen molar-refractivity contribution in [2.24, 2.45) is 0 Å². The van der Waals surface area contributed by atoms with E-state index in [1.807, 2.05) is 0 Å². The van der Waals surface area contributed by atoms with Crippen molar-refractivity contribution in [2.45, 2.75) is 26.5 Å². The molecule has 0 unspecified atom stereocenters. The molecule has 1 saturated heterocycles. The Hall–Kier alpha value is -2.62. The van der Waals surface area contributed by atoms with E-state index in [9.17, 15) is 19.2 Å². The molecule has 0 saturated carbocycles. The summed E-state index contributed by atoms with van der Waals surface area (Å²) in [5.41, 5.74) is 0.742. The topological polar surface area (TPSA) is 124 Å². The molecule has 1 aliphatic heterocycles. The fourth-order valence-corrected chi connectivity index (χ4v) is 5.04. The second-order valence-corrected chi connectivity index (χ2v) is 9.29. The predicted octanol–water partition coefficient (Wildman–Crippen LogP) is 3.70. The zero-order valence-corrected chi connectivity index (χ0v) is 22.7. The summed E-state index contributed by atoms with van der Waals surface area (Å²) in [4.78, 5) is 49.5. The van der Waals surface area contributed by atoms with Gasteiger partial charge in [0, 0.05) is 0 Å². The van der Waals surface area contributed by atoms with Crippen molar-refractivity contribution in [3.8, 4) is 5.75 Å². The van der Waals surface area contributed by atoms with Crippen LogP contribution in [0.4, 0.5) is 4.79 Å². The molecule has 0 radical (unpaired) electrons. The molecule has 3 amide bonds. The first-order chi connectivity index (χ1) is 16.1. The number of ether oxygens (including phenoxy) is 3. The molecule has 1 aromatic carbocycles. The molecular weight excluding hydrogens is 674 g/mol. The van der Waals surface area contributed by atoms with Crippen LogP contribution in [0.5, 0.6) is 5.75 Å². The summed E-state index contributed by atoms with van der Waals surface area (Å²) in [6, 6.07) is 5.82. The number of esters is 2. The SMILES string of the molecule is CCOC(=O)[C@H](C)Oc1c(I)cc(/C=C2\NC(=O)N(Cc3ccc(C(=O)OC)o3)C2=O)cc1I. The smallest absolute Gasteiger partial charge is 0.373 e. The van der Waals surface area contributed by atoms with E-state index in [4.69, 9.17) is 13.9 Å². The molecule has 34 heavy (non-hydrogen) atoms. The molecule has 2 heterocycles. The molecule has 12 heteroatoms. The number of hydrogen-bond donors (Lipinski definition) is 1. The van der Waals surface area contributed by atoms with Crippen molar-refractivity contribution in [3.05, 3.63) is 54.2 Å². The summed E-state index contributed by atoms with van der Waals surface area (Å²) in [6.07, 6.45) is 0.766. The Kier molecular flexibility index (Phi) is 8.57. The molecule has 10 nitrogen and oxygen atoms in total. The van der Waals surface area contributed by atoms with Gasteiger partial charge in [-0.25, -0.2) is 14.4 Å². The number of urea groups is 1. The number of hydrogen-bond acceptors (Lipinski definition) is 8. The van der Waals surface area contributed by atoms with Gasteiger partial charge in [0.25, 0.3) is 5.91 Å². The van der Waals surface area contributed by atoms with Gasteiger partial charge in [0.15, 0.2) is 6.10 Å². The van der Waals surface area contributed by atoms with Crippen molar-refractivity contribution in [1.82, 2.24) is 10.2 Å². The molecular formula is C22H20I2N2O8. The zero-order chi connectivity index (χ0) is 25.0. The summed E-state index contributed by atoms with van der Waals surface area (Å²) in [5, 5.41) is 2.55. The Morgan fingerprint density at radius 1 is 1.21 bits per heavy atom. The number of halogens is 2. The van der Waals surface area contributed by atoms with Crippen LogP contribution < -0.4 is 10.1 Å². The lowest BCUT2D eigenvalue weighted by Gasteiger charge is -2.16. The normalized spacial score (nSPS) is 15.3. The van der Waals surface area contributed by atoms with Crippen molar-refractivity contribution < 1.29 is 37.8 Å². The number of rotatable bonds is 8. The average molecular weight is 694 g/mol. The Morgan fingerprint density at radius 3 is 2.50 bits per heavy atom. The van der Waals surface area contributed by atoms with Gasteiger partial charge in [0.05, 0.1) is 27.4 Å². The molecule has 1 aromatic heterocycles. The third-order valence-electron chi connectivity index (χ3n) is 4.57. The molecule has 0 aliphatic carbocycles. The molecule has 1 fully saturated rings. The Bertz CT molecular complexity index is 1150.